The highest BCUT2D eigenvalue weighted by Gasteiger charge is 2.31. The number of carbonyl (C=O) groups excluding carboxylic acids is 1. The number of carbonyl (C=O) groups is 1. The van der Waals surface area contributed by atoms with E-state index >= 15 is 0 Å². The predicted molar refractivity (Wildman–Crippen MR) is 110 cm³/mol. The maximum Gasteiger partial charge on any atom is 0.259 e. The molecular weight excluding hydrogens is 376 g/mol. The fourth-order valence-corrected chi connectivity index (χ4v) is 4.36. The van der Waals surface area contributed by atoms with Gasteiger partial charge in [-0.1, -0.05) is 28.9 Å². The summed E-state index contributed by atoms with van der Waals surface area (Å²) in [7, 11) is 2.19. The van der Waals surface area contributed by atoms with Gasteiger partial charge in [-0.25, -0.2) is 0 Å². The number of piperidine rings is 1. The Labute approximate surface area is 171 Å². The lowest BCUT2D eigenvalue weighted by molar-refractivity contribution is 0.0474. The highest BCUT2D eigenvalue weighted by atomic mass is 35.5. The van der Waals surface area contributed by atoms with Gasteiger partial charge in [-0.05, 0) is 52.0 Å². The van der Waals surface area contributed by atoms with Crippen LogP contribution in [0.2, 0.25) is 5.02 Å². The Bertz CT molecular complexity index is 819. The first-order valence-corrected chi connectivity index (χ1v) is 10.3. The summed E-state index contributed by atoms with van der Waals surface area (Å²) < 4.78 is 5.37. The summed E-state index contributed by atoms with van der Waals surface area (Å²) in [5.41, 5.74) is 2.00. The zero-order valence-corrected chi connectivity index (χ0v) is 17.3. The molecule has 28 heavy (non-hydrogen) atoms. The van der Waals surface area contributed by atoms with Gasteiger partial charge in [0.1, 0.15) is 17.0 Å². The Morgan fingerprint density at radius 3 is 2.36 bits per heavy atom. The lowest BCUT2D eigenvalue weighted by atomic mass is 10.0. The highest BCUT2D eigenvalue weighted by molar-refractivity contribution is 6.30. The molecule has 4 rings (SSSR count). The van der Waals surface area contributed by atoms with E-state index in [2.05, 4.69) is 22.0 Å². The molecule has 2 aliphatic rings. The monoisotopic (exact) mass is 402 g/mol. The van der Waals surface area contributed by atoms with E-state index in [-0.39, 0.29) is 5.91 Å². The molecule has 0 spiro atoms. The Hall–Kier alpha value is -1.89. The second kappa shape index (κ2) is 8.23. The van der Waals surface area contributed by atoms with E-state index in [0.29, 0.717) is 28.1 Å². The van der Waals surface area contributed by atoms with Crippen LogP contribution in [-0.4, -0.2) is 78.1 Å². The quantitative estimate of drug-likeness (QED) is 0.789. The molecule has 0 atom stereocenters. The van der Waals surface area contributed by atoms with Gasteiger partial charge >= 0.3 is 0 Å². The maximum atomic E-state index is 13.2. The average Bonchev–Trinajstić information content (AvgIpc) is 3.10. The van der Waals surface area contributed by atoms with Crippen molar-refractivity contribution in [1.29, 1.82) is 0 Å². The van der Waals surface area contributed by atoms with Crippen molar-refractivity contribution in [1.82, 2.24) is 19.9 Å². The van der Waals surface area contributed by atoms with E-state index in [1.54, 1.807) is 19.1 Å². The zero-order valence-electron chi connectivity index (χ0n) is 16.5. The van der Waals surface area contributed by atoms with Crippen LogP contribution in [0.15, 0.2) is 28.8 Å². The minimum atomic E-state index is 0.00623. The molecule has 0 N–H and O–H groups in total. The number of amides is 1. The molecule has 2 fully saturated rings. The predicted octanol–water partition coefficient (Wildman–Crippen LogP) is 3.16. The van der Waals surface area contributed by atoms with E-state index in [1.165, 1.54) is 12.8 Å². The number of aromatic nitrogens is 1. The fourth-order valence-electron chi connectivity index (χ4n) is 4.24. The maximum absolute atomic E-state index is 13.2. The Morgan fingerprint density at radius 2 is 1.71 bits per heavy atom. The molecule has 150 valence electrons. The van der Waals surface area contributed by atoms with Crippen LogP contribution < -0.4 is 0 Å². The molecule has 0 aliphatic carbocycles. The third-order valence-electron chi connectivity index (χ3n) is 6.00. The van der Waals surface area contributed by atoms with Gasteiger partial charge in [0.15, 0.2) is 0 Å². The topological polar surface area (TPSA) is 52.8 Å². The molecule has 2 saturated heterocycles. The van der Waals surface area contributed by atoms with Gasteiger partial charge in [0.2, 0.25) is 0 Å². The van der Waals surface area contributed by atoms with E-state index < -0.39 is 0 Å². The van der Waals surface area contributed by atoms with Crippen molar-refractivity contribution in [2.75, 3.05) is 46.3 Å². The van der Waals surface area contributed by atoms with Crippen LogP contribution in [-0.2, 0) is 0 Å². The van der Waals surface area contributed by atoms with Gasteiger partial charge in [0, 0.05) is 42.8 Å². The average molecular weight is 403 g/mol. The molecule has 0 bridgehead atoms. The van der Waals surface area contributed by atoms with Crippen LogP contribution in [0.5, 0.6) is 0 Å². The number of rotatable bonds is 3. The molecule has 1 aromatic heterocycles. The van der Waals surface area contributed by atoms with Crippen LogP contribution in [0.1, 0.15) is 29.0 Å². The number of aryl methyl sites for hydroxylation is 1. The number of likely N-dealkylation sites (tertiary alicyclic amines) is 1. The van der Waals surface area contributed by atoms with Crippen LogP contribution in [0.4, 0.5) is 0 Å². The smallest absolute Gasteiger partial charge is 0.259 e. The zero-order chi connectivity index (χ0) is 19.7. The molecule has 2 aliphatic heterocycles. The van der Waals surface area contributed by atoms with Crippen molar-refractivity contribution >= 4 is 17.5 Å². The van der Waals surface area contributed by atoms with E-state index in [9.17, 15) is 4.79 Å². The first-order chi connectivity index (χ1) is 13.5. The summed E-state index contributed by atoms with van der Waals surface area (Å²) >= 11 is 5.99. The second-order valence-electron chi connectivity index (χ2n) is 7.83. The summed E-state index contributed by atoms with van der Waals surface area (Å²) in [6.45, 7) is 7.48. The van der Waals surface area contributed by atoms with E-state index in [1.807, 2.05) is 17.0 Å². The van der Waals surface area contributed by atoms with Gasteiger partial charge in [-0.2, -0.15) is 0 Å². The van der Waals surface area contributed by atoms with Crippen molar-refractivity contribution in [3.63, 3.8) is 0 Å². The summed E-state index contributed by atoms with van der Waals surface area (Å²) in [5, 5.41) is 4.80. The van der Waals surface area contributed by atoms with Crippen molar-refractivity contribution in [3.05, 3.63) is 40.6 Å². The van der Waals surface area contributed by atoms with Gasteiger partial charge in [-0.15, -0.1) is 0 Å². The van der Waals surface area contributed by atoms with Crippen LogP contribution in [0.25, 0.3) is 11.3 Å². The molecule has 0 unspecified atom stereocenters. The lowest BCUT2D eigenvalue weighted by Crippen LogP contribution is -2.54. The Morgan fingerprint density at radius 1 is 1.07 bits per heavy atom. The Balaban J connectivity index is 1.45. The lowest BCUT2D eigenvalue weighted by Gasteiger charge is -2.42. The minimum absolute atomic E-state index is 0.00623. The van der Waals surface area contributed by atoms with Crippen molar-refractivity contribution in [2.45, 2.75) is 25.8 Å². The number of benzene rings is 1. The molecule has 0 radical (unpaired) electrons. The van der Waals surface area contributed by atoms with Crippen molar-refractivity contribution in [3.8, 4) is 11.3 Å². The number of piperazine rings is 1. The SMILES string of the molecule is Cc1onc(-c2ccc(Cl)cc2)c1C(=O)N1CCN(C2CCN(C)CC2)CC1. The highest BCUT2D eigenvalue weighted by Crippen LogP contribution is 2.28. The first kappa shape index (κ1) is 19.4. The summed E-state index contributed by atoms with van der Waals surface area (Å²) in [4.78, 5) is 20.1. The van der Waals surface area contributed by atoms with Crippen molar-refractivity contribution < 1.29 is 9.32 Å². The van der Waals surface area contributed by atoms with E-state index in [4.69, 9.17) is 16.1 Å². The van der Waals surface area contributed by atoms with Crippen LogP contribution in [0, 0.1) is 6.92 Å². The molecule has 0 saturated carbocycles. The first-order valence-electron chi connectivity index (χ1n) is 9.97. The Kier molecular flexibility index (Phi) is 5.71. The van der Waals surface area contributed by atoms with Gasteiger partial charge in [-0.3, -0.25) is 9.69 Å². The van der Waals surface area contributed by atoms with Gasteiger partial charge in [0.05, 0.1) is 0 Å². The second-order valence-corrected chi connectivity index (χ2v) is 8.27. The molecule has 1 amide bonds. The minimum Gasteiger partial charge on any atom is -0.360 e. The van der Waals surface area contributed by atoms with Crippen molar-refractivity contribution in [2.24, 2.45) is 0 Å². The van der Waals surface area contributed by atoms with Gasteiger partial charge < -0.3 is 14.3 Å². The number of hydrogen-bond donors (Lipinski definition) is 0. The largest absolute Gasteiger partial charge is 0.360 e. The van der Waals surface area contributed by atoms with E-state index in [0.717, 1.165) is 44.8 Å². The van der Waals surface area contributed by atoms with Crippen LogP contribution in [0.3, 0.4) is 0 Å². The number of nitrogens with zero attached hydrogens (tertiary/aromatic N) is 4. The van der Waals surface area contributed by atoms with Gasteiger partial charge in [0.25, 0.3) is 5.91 Å². The fraction of sp³-hybridized carbons (Fsp3) is 0.524. The summed E-state index contributed by atoms with van der Waals surface area (Å²) in [6, 6.07) is 7.99. The number of halogens is 1. The summed E-state index contributed by atoms with van der Waals surface area (Å²) in [6.07, 6.45) is 2.44. The molecule has 7 heteroatoms. The molecule has 3 heterocycles. The normalized spacial score (nSPS) is 19.9. The molecular formula is C21H27ClN4O2. The summed E-state index contributed by atoms with van der Waals surface area (Å²) in [5.74, 6) is 0.569. The number of hydrogen-bond acceptors (Lipinski definition) is 5. The molecule has 6 nitrogen and oxygen atoms in total. The molecule has 2 aromatic rings. The third-order valence-corrected chi connectivity index (χ3v) is 6.25. The molecule has 1 aromatic carbocycles. The standard InChI is InChI=1S/C21H27ClN4O2/c1-15-19(20(23-28-15)16-3-5-17(22)6-4-16)21(27)26-13-11-25(12-14-26)18-7-9-24(2)10-8-18/h3-6,18H,7-14H2,1-2H3. The van der Waals surface area contributed by atoms with Crippen LogP contribution >= 0.6 is 11.6 Å². The third kappa shape index (κ3) is 3.95.